The molecule has 0 aliphatic heterocycles. The topological polar surface area (TPSA) is 56.2 Å². The summed E-state index contributed by atoms with van der Waals surface area (Å²) in [4.78, 5) is 12.5. The fraction of sp³-hybridized carbons (Fsp3) is 0.154. The summed E-state index contributed by atoms with van der Waals surface area (Å²) in [7, 11) is 0. The van der Waals surface area contributed by atoms with Gasteiger partial charge in [0.05, 0.1) is 11.4 Å². The van der Waals surface area contributed by atoms with Crippen LogP contribution in [-0.4, -0.2) is 15.7 Å². The van der Waals surface area contributed by atoms with E-state index in [1.54, 1.807) is 13.0 Å². The van der Waals surface area contributed by atoms with Gasteiger partial charge in [-0.05, 0) is 68.3 Å². The third-order valence-corrected chi connectivity index (χ3v) is 5.19. The molecule has 4 aromatic rings. The van der Waals surface area contributed by atoms with Crippen LogP contribution in [0.15, 0.2) is 66.7 Å². The molecule has 0 saturated heterocycles. The number of ether oxygens (including phenoxy) is 1. The fourth-order valence-electron chi connectivity index (χ4n) is 3.56. The smallest absolute Gasteiger partial charge is 0.226 e. The predicted molar refractivity (Wildman–Crippen MR) is 123 cm³/mol. The van der Waals surface area contributed by atoms with Crippen LogP contribution in [0.2, 0.25) is 0 Å². The van der Waals surface area contributed by atoms with Crippen molar-refractivity contribution in [1.29, 1.82) is 0 Å². The number of amides is 1. The molecule has 0 atom stereocenters. The van der Waals surface area contributed by atoms with Crippen LogP contribution in [0.3, 0.4) is 0 Å². The van der Waals surface area contributed by atoms with Crippen LogP contribution >= 0.6 is 0 Å². The van der Waals surface area contributed by atoms with E-state index in [0.29, 0.717) is 22.6 Å². The number of carbonyl (C=O) groups is 1. The van der Waals surface area contributed by atoms with E-state index in [-0.39, 0.29) is 30.4 Å². The Kier molecular flexibility index (Phi) is 6.67. The van der Waals surface area contributed by atoms with Crippen molar-refractivity contribution < 1.29 is 22.7 Å². The molecule has 0 aliphatic carbocycles. The van der Waals surface area contributed by atoms with E-state index in [1.165, 1.54) is 28.9 Å². The lowest BCUT2D eigenvalue weighted by molar-refractivity contribution is -0.116. The number of benzene rings is 3. The number of aryl methyl sites for hydroxylation is 2. The summed E-state index contributed by atoms with van der Waals surface area (Å²) < 4.78 is 48.6. The first-order valence-corrected chi connectivity index (χ1v) is 10.6. The molecule has 34 heavy (non-hydrogen) atoms. The molecule has 0 saturated carbocycles. The Balaban J connectivity index is 1.65. The van der Waals surface area contributed by atoms with Crippen LogP contribution in [0.5, 0.6) is 11.6 Å². The second-order valence-electron chi connectivity index (χ2n) is 7.86. The maximum atomic E-state index is 14.4. The molecule has 4 rings (SSSR count). The lowest BCUT2D eigenvalue weighted by atomic mass is 10.1. The molecule has 0 aliphatic rings. The van der Waals surface area contributed by atoms with Gasteiger partial charge in [-0.3, -0.25) is 4.79 Å². The lowest BCUT2D eigenvalue weighted by Crippen LogP contribution is -2.12. The largest absolute Gasteiger partial charge is 0.436 e. The van der Waals surface area contributed by atoms with Gasteiger partial charge in [0.2, 0.25) is 11.8 Å². The summed E-state index contributed by atoms with van der Waals surface area (Å²) in [6.45, 7) is 3.69. The average Bonchev–Trinajstić information content (AvgIpc) is 3.09. The first kappa shape index (κ1) is 23.1. The summed E-state index contributed by atoms with van der Waals surface area (Å²) in [5.74, 6) is -2.29. The number of carbonyl (C=O) groups excluding carboxylic acids is 1. The van der Waals surface area contributed by atoms with Gasteiger partial charge < -0.3 is 10.1 Å². The molecule has 1 heterocycles. The van der Waals surface area contributed by atoms with Gasteiger partial charge in [0.15, 0.2) is 11.6 Å². The minimum Gasteiger partial charge on any atom is -0.436 e. The van der Waals surface area contributed by atoms with Crippen molar-refractivity contribution in [3.8, 4) is 17.3 Å². The molecule has 0 fully saturated rings. The fourth-order valence-corrected chi connectivity index (χ4v) is 3.56. The van der Waals surface area contributed by atoms with E-state index in [9.17, 15) is 18.0 Å². The van der Waals surface area contributed by atoms with E-state index in [1.807, 2.05) is 31.2 Å². The SMILES string of the molecule is Cc1cccc(-n2nc(C)c(CCC(=O)Nc3cccc(F)c3)c2Oc2ccc(F)cc2F)c1. The van der Waals surface area contributed by atoms with Crippen LogP contribution in [0.1, 0.15) is 23.2 Å². The monoisotopic (exact) mass is 465 g/mol. The van der Waals surface area contributed by atoms with Crippen molar-refractivity contribution in [3.63, 3.8) is 0 Å². The summed E-state index contributed by atoms with van der Waals surface area (Å²) in [5.41, 5.74) is 3.22. The van der Waals surface area contributed by atoms with E-state index in [0.717, 1.165) is 17.7 Å². The normalized spacial score (nSPS) is 10.9. The van der Waals surface area contributed by atoms with Crippen LogP contribution in [0.25, 0.3) is 5.69 Å². The van der Waals surface area contributed by atoms with Gasteiger partial charge in [0.25, 0.3) is 0 Å². The number of aromatic nitrogens is 2. The summed E-state index contributed by atoms with van der Waals surface area (Å²) in [6.07, 6.45) is 0.288. The van der Waals surface area contributed by atoms with Crippen molar-refractivity contribution in [2.75, 3.05) is 5.32 Å². The Morgan fingerprint density at radius 2 is 1.74 bits per heavy atom. The third kappa shape index (κ3) is 5.28. The molecule has 5 nitrogen and oxygen atoms in total. The number of nitrogens with zero attached hydrogens (tertiary/aromatic N) is 2. The quantitative estimate of drug-likeness (QED) is 0.350. The molecule has 174 valence electrons. The number of hydrogen-bond acceptors (Lipinski definition) is 3. The van der Waals surface area contributed by atoms with E-state index >= 15 is 0 Å². The summed E-state index contributed by atoms with van der Waals surface area (Å²) in [6, 6.07) is 16.2. The zero-order valence-electron chi connectivity index (χ0n) is 18.6. The van der Waals surface area contributed by atoms with Crippen molar-refractivity contribution in [2.24, 2.45) is 0 Å². The highest BCUT2D eigenvalue weighted by Gasteiger charge is 2.21. The molecule has 8 heteroatoms. The van der Waals surface area contributed by atoms with Gasteiger partial charge in [0.1, 0.15) is 11.6 Å². The van der Waals surface area contributed by atoms with Gasteiger partial charge in [-0.25, -0.2) is 17.9 Å². The Morgan fingerprint density at radius 3 is 2.47 bits per heavy atom. The number of hydrogen-bond donors (Lipinski definition) is 1. The van der Waals surface area contributed by atoms with Gasteiger partial charge in [0, 0.05) is 23.7 Å². The van der Waals surface area contributed by atoms with Crippen molar-refractivity contribution in [1.82, 2.24) is 9.78 Å². The Labute approximate surface area is 194 Å². The van der Waals surface area contributed by atoms with Gasteiger partial charge in [-0.15, -0.1) is 0 Å². The van der Waals surface area contributed by atoms with Crippen LogP contribution in [0.4, 0.5) is 18.9 Å². The maximum Gasteiger partial charge on any atom is 0.226 e. The van der Waals surface area contributed by atoms with Crippen LogP contribution in [0, 0.1) is 31.3 Å². The number of rotatable bonds is 7. The van der Waals surface area contributed by atoms with Gasteiger partial charge in [-0.2, -0.15) is 5.10 Å². The molecule has 3 aromatic carbocycles. The minimum atomic E-state index is -0.857. The van der Waals surface area contributed by atoms with Crippen LogP contribution in [-0.2, 0) is 11.2 Å². The second-order valence-corrected chi connectivity index (χ2v) is 7.86. The van der Waals surface area contributed by atoms with Gasteiger partial charge in [-0.1, -0.05) is 18.2 Å². The molecule has 0 unspecified atom stereocenters. The second kappa shape index (κ2) is 9.82. The van der Waals surface area contributed by atoms with E-state index in [4.69, 9.17) is 4.74 Å². The third-order valence-electron chi connectivity index (χ3n) is 5.19. The highest BCUT2D eigenvalue weighted by molar-refractivity contribution is 5.90. The molecule has 1 N–H and O–H groups in total. The number of anilines is 1. The van der Waals surface area contributed by atoms with Crippen LogP contribution < -0.4 is 10.1 Å². The molecular weight excluding hydrogens is 443 g/mol. The molecular formula is C26H22F3N3O2. The first-order chi connectivity index (χ1) is 16.3. The maximum absolute atomic E-state index is 14.4. The minimum absolute atomic E-state index is 0.0547. The standard InChI is InChI=1S/C26H22F3N3O2/c1-16-5-3-8-21(13-16)32-26(34-24-11-9-19(28)15-23(24)29)22(17(2)31-32)10-12-25(33)30-20-7-4-6-18(27)14-20/h3-9,11,13-15H,10,12H2,1-2H3,(H,30,33). The average molecular weight is 465 g/mol. The van der Waals surface area contributed by atoms with E-state index in [2.05, 4.69) is 10.4 Å². The first-order valence-electron chi connectivity index (χ1n) is 10.6. The highest BCUT2D eigenvalue weighted by Crippen LogP contribution is 2.33. The zero-order chi connectivity index (χ0) is 24.2. The molecule has 1 aromatic heterocycles. The van der Waals surface area contributed by atoms with Gasteiger partial charge >= 0.3 is 0 Å². The molecule has 0 radical (unpaired) electrons. The molecule has 0 spiro atoms. The summed E-state index contributed by atoms with van der Waals surface area (Å²) in [5, 5.41) is 7.21. The zero-order valence-corrected chi connectivity index (χ0v) is 18.6. The molecule has 0 bridgehead atoms. The Bertz CT molecular complexity index is 1350. The highest BCUT2D eigenvalue weighted by atomic mass is 19.1. The number of halogens is 3. The lowest BCUT2D eigenvalue weighted by Gasteiger charge is -2.12. The number of nitrogens with one attached hydrogen (secondary N) is 1. The molecule has 1 amide bonds. The predicted octanol–water partition coefficient (Wildman–Crippen LogP) is 6.27. The Morgan fingerprint density at radius 1 is 0.971 bits per heavy atom. The Hall–Kier alpha value is -4.07. The summed E-state index contributed by atoms with van der Waals surface area (Å²) >= 11 is 0. The van der Waals surface area contributed by atoms with Crippen molar-refractivity contribution >= 4 is 11.6 Å². The van der Waals surface area contributed by atoms with Crippen molar-refractivity contribution in [2.45, 2.75) is 26.7 Å². The van der Waals surface area contributed by atoms with Crippen molar-refractivity contribution in [3.05, 3.63) is 101 Å². The van der Waals surface area contributed by atoms with E-state index < -0.39 is 17.5 Å².